The first-order valence-electron chi connectivity index (χ1n) is 7.34. The topological polar surface area (TPSA) is 35.5 Å². The van der Waals surface area contributed by atoms with Crippen molar-refractivity contribution in [3.63, 3.8) is 0 Å². The molecule has 0 bridgehead atoms. The lowest BCUT2D eigenvalue weighted by Gasteiger charge is -2.01. The van der Waals surface area contributed by atoms with Gasteiger partial charge in [-0.05, 0) is 30.2 Å². The molecule has 0 saturated heterocycles. The van der Waals surface area contributed by atoms with E-state index in [1.807, 2.05) is 42.5 Å². The number of carbonyl (C=O) groups is 1. The Kier molecular flexibility index (Phi) is 4.24. The first kappa shape index (κ1) is 14.4. The van der Waals surface area contributed by atoms with E-state index in [1.165, 1.54) is 5.56 Å². The second-order valence-corrected chi connectivity index (χ2v) is 5.42. The number of ketones is 1. The molecule has 0 radical (unpaired) electrons. The van der Waals surface area contributed by atoms with Gasteiger partial charge in [0.2, 0.25) is 6.79 Å². The molecule has 0 atom stereocenters. The van der Waals surface area contributed by atoms with Gasteiger partial charge >= 0.3 is 0 Å². The largest absolute Gasteiger partial charge is 0.454 e. The predicted molar refractivity (Wildman–Crippen MR) is 86.1 cm³/mol. The maximum absolute atomic E-state index is 12.0. The summed E-state index contributed by atoms with van der Waals surface area (Å²) in [6.07, 6.45) is 4.76. The van der Waals surface area contributed by atoms with E-state index in [4.69, 9.17) is 9.47 Å². The van der Waals surface area contributed by atoms with Gasteiger partial charge in [-0.3, -0.25) is 4.79 Å². The van der Waals surface area contributed by atoms with Crippen molar-refractivity contribution >= 4 is 11.9 Å². The van der Waals surface area contributed by atoms with Gasteiger partial charge in [0.15, 0.2) is 11.5 Å². The Labute approximate surface area is 130 Å². The number of fused-ring (bicyclic) bond motifs is 1. The fraction of sp³-hybridized carbons (Fsp3) is 0.211. The molecule has 1 heterocycles. The number of hydrogen-bond donors (Lipinski definition) is 0. The fourth-order valence-electron chi connectivity index (χ4n) is 2.45. The molecule has 0 aliphatic carbocycles. The van der Waals surface area contributed by atoms with E-state index in [0.717, 1.165) is 22.6 Å². The zero-order chi connectivity index (χ0) is 15.4. The third kappa shape index (κ3) is 3.55. The Balaban J connectivity index is 1.56. The number of carbonyl (C=O) groups excluding carboxylic acids is 1. The SMILES string of the molecule is Cc1cccc(/C=C/CC(=O)Cc2ccc3c(c2)OCO3)c1. The quantitative estimate of drug-likeness (QED) is 0.838. The van der Waals surface area contributed by atoms with Gasteiger partial charge < -0.3 is 9.47 Å². The normalized spacial score (nSPS) is 12.8. The van der Waals surface area contributed by atoms with Crippen molar-refractivity contribution < 1.29 is 14.3 Å². The molecule has 0 amide bonds. The first-order chi connectivity index (χ1) is 10.7. The monoisotopic (exact) mass is 294 g/mol. The number of Topliss-reactive ketones (excluding diaryl/α,β-unsaturated/α-hetero) is 1. The summed E-state index contributed by atoms with van der Waals surface area (Å²) < 4.78 is 10.6. The lowest BCUT2D eigenvalue weighted by atomic mass is 10.1. The Bertz CT molecular complexity index is 716. The molecule has 3 heteroatoms. The predicted octanol–water partition coefficient (Wildman–Crippen LogP) is 3.94. The van der Waals surface area contributed by atoms with Crippen LogP contribution < -0.4 is 9.47 Å². The molecular weight excluding hydrogens is 276 g/mol. The highest BCUT2D eigenvalue weighted by atomic mass is 16.7. The minimum absolute atomic E-state index is 0.183. The molecule has 0 spiro atoms. The van der Waals surface area contributed by atoms with Crippen molar-refractivity contribution in [2.45, 2.75) is 19.8 Å². The summed E-state index contributed by atoms with van der Waals surface area (Å²) in [5.41, 5.74) is 3.29. The molecule has 0 N–H and O–H groups in total. The van der Waals surface area contributed by atoms with Crippen molar-refractivity contribution in [1.29, 1.82) is 0 Å². The molecular formula is C19H18O3. The summed E-state index contributed by atoms with van der Waals surface area (Å²) in [6, 6.07) is 13.9. The average molecular weight is 294 g/mol. The van der Waals surface area contributed by atoms with Crippen LogP contribution in [-0.2, 0) is 11.2 Å². The number of allylic oxidation sites excluding steroid dienone is 1. The van der Waals surface area contributed by atoms with Crippen molar-refractivity contribution in [2.75, 3.05) is 6.79 Å². The van der Waals surface area contributed by atoms with Crippen molar-refractivity contribution in [3.8, 4) is 11.5 Å². The van der Waals surface area contributed by atoms with Gasteiger partial charge in [0.1, 0.15) is 5.78 Å². The zero-order valence-corrected chi connectivity index (χ0v) is 12.5. The Morgan fingerprint density at radius 1 is 1.14 bits per heavy atom. The Morgan fingerprint density at radius 3 is 2.86 bits per heavy atom. The highest BCUT2D eigenvalue weighted by Gasteiger charge is 2.14. The molecule has 2 aromatic rings. The van der Waals surface area contributed by atoms with Gasteiger partial charge in [-0.1, -0.05) is 48.0 Å². The van der Waals surface area contributed by atoms with Crippen LogP contribution in [0.4, 0.5) is 0 Å². The average Bonchev–Trinajstić information content (AvgIpc) is 2.95. The van der Waals surface area contributed by atoms with Crippen molar-refractivity contribution in [2.24, 2.45) is 0 Å². The van der Waals surface area contributed by atoms with Gasteiger partial charge in [0, 0.05) is 12.8 Å². The highest BCUT2D eigenvalue weighted by molar-refractivity contribution is 5.83. The summed E-state index contributed by atoms with van der Waals surface area (Å²) in [5.74, 6) is 1.65. The molecule has 0 aromatic heterocycles. The van der Waals surface area contributed by atoms with Crippen LogP contribution in [0.15, 0.2) is 48.5 Å². The summed E-state index contributed by atoms with van der Waals surface area (Å²) in [4.78, 5) is 12.0. The standard InChI is InChI=1S/C19H18O3/c1-14-4-2-5-15(10-14)6-3-7-17(20)11-16-8-9-18-19(12-16)22-13-21-18/h2-6,8-10,12H,7,11,13H2,1H3/b6-3+. The molecule has 3 nitrogen and oxygen atoms in total. The van der Waals surface area contributed by atoms with Gasteiger partial charge in [-0.2, -0.15) is 0 Å². The first-order valence-corrected chi connectivity index (χ1v) is 7.34. The Hall–Kier alpha value is -2.55. The van der Waals surface area contributed by atoms with Crippen LogP contribution in [0.3, 0.4) is 0 Å². The molecule has 0 saturated carbocycles. The van der Waals surface area contributed by atoms with E-state index in [0.29, 0.717) is 12.8 Å². The molecule has 0 unspecified atom stereocenters. The van der Waals surface area contributed by atoms with Crippen LogP contribution in [0.2, 0.25) is 0 Å². The van der Waals surface area contributed by atoms with Crippen LogP contribution in [0.5, 0.6) is 11.5 Å². The van der Waals surface area contributed by atoms with E-state index < -0.39 is 0 Å². The fourth-order valence-corrected chi connectivity index (χ4v) is 2.45. The lowest BCUT2D eigenvalue weighted by molar-refractivity contribution is -0.117. The molecule has 1 aliphatic rings. The van der Waals surface area contributed by atoms with Crippen LogP contribution in [0, 0.1) is 6.92 Å². The molecule has 22 heavy (non-hydrogen) atoms. The van der Waals surface area contributed by atoms with Crippen molar-refractivity contribution in [3.05, 3.63) is 65.2 Å². The smallest absolute Gasteiger partial charge is 0.231 e. The minimum Gasteiger partial charge on any atom is -0.454 e. The van der Waals surface area contributed by atoms with Crippen LogP contribution in [0.1, 0.15) is 23.1 Å². The van der Waals surface area contributed by atoms with Gasteiger partial charge in [-0.15, -0.1) is 0 Å². The molecule has 1 aliphatic heterocycles. The van der Waals surface area contributed by atoms with E-state index in [2.05, 4.69) is 19.1 Å². The second kappa shape index (κ2) is 6.48. The third-order valence-electron chi connectivity index (χ3n) is 3.54. The third-order valence-corrected chi connectivity index (χ3v) is 3.54. The van der Waals surface area contributed by atoms with Gasteiger partial charge in [0.25, 0.3) is 0 Å². The number of aryl methyl sites for hydroxylation is 1. The summed E-state index contributed by atoms with van der Waals surface area (Å²) >= 11 is 0. The minimum atomic E-state index is 0.183. The second-order valence-electron chi connectivity index (χ2n) is 5.42. The Morgan fingerprint density at radius 2 is 2.00 bits per heavy atom. The van der Waals surface area contributed by atoms with E-state index >= 15 is 0 Å². The molecule has 3 rings (SSSR count). The van der Waals surface area contributed by atoms with Gasteiger partial charge in [0.05, 0.1) is 0 Å². The number of rotatable bonds is 5. The lowest BCUT2D eigenvalue weighted by Crippen LogP contribution is -2.00. The molecule has 2 aromatic carbocycles. The number of benzene rings is 2. The van der Waals surface area contributed by atoms with E-state index in [9.17, 15) is 4.79 Å². The summed E-state index contributed by atoms with van der Waals surface area (Å²) in [7, 11) is 0. The summed E-state index contributed by atoms with van der Waals surface area (Å²) in [6.45, 7) is 2.31. The maximum Gasteiger partial charge on any atom is 0.231 e. The van der Waals surface area contributed by atoms with E-state index in [-0.39, 0.29) is 12.6 Å². The number of ether oxygens (including phenoxy) is 2. The van der Waals surface area contributed by atoms with Crippen LogP contribution in [-0.4, -0.2) is 12.6 Å². The summed E-state index contributed by atoms with van der Waals surface area (Å²) in [5, 5.41) is 0. The zero-order valence-electron chi connectivity index (χ0n) is 12.5. The molecule has 112 valence electrons. The maximum atomic E-state index is 12.0. The van der Waals surface area contributed by atoms with Crippen molar-refractivity contribution in [1.82, 2.24) is 0 Å². The highest BCUT2D eigenvalue weighted by Crippen LogP contribution is 2.32. The molecule has 0 fully saturated rings. The van der Waals surface area contributed by atoms with Crippen LogP contribution >= 0.6 is 0 Å². The van der Waals surface area contributed by atoms with Crippen LogP contribution in [0.25, 0.3) is 6.08 Å². The van der Waals surface area contributed by atoms with E-state index in [1.54, 1.807) is 0 Å². The number of hydrogen-bond acceptors (Lipinski definition) is 3. The van der Waals surface area contributed by atoms with Gasteiger partial charge in [-0.25, -0.2) is 0 Å².